The van der Waals surface area contributed by atoms with Crippen LogP contribution in [0.15, 0.2) is 11.1 Å². The van der Waals surface area contributed by atoms with Gasteiger partial charge in [0.15, 0.2) is 11.4 Å². The molecule has 0 spiro atoms. The summed E-state index contributed by atoms with van der Waals surface area (Å²) < 4.78 is 11.1. The fourth-order valence-electron chi connectivity index (χ4n) is 4.77. The molecular weight excluding hydrogens is 320 g/mol. The molecule has 1 heterocycles. The summed E-state index contributed by atoms with van der Waals surface area (Å²) in [6.07, 6.45) is 1.60. The van der Waals surface area contributed by atoms with Crippen LogP contribution in [-0.4, -0.2) is 40.3 Å². The first-order valence-corrected chi connectivity index (χ1v) is 9.22. The number of carbonyl (C=O) groups excluding carboxylic acids is 2. The number of aliphatic hydroxyl groups is 1. The summed E-state index contributed by atoms with van der Waals surface area (Å²) in [5.41, 5.74) is -0.478. The molecule has 3 fully saturated rings. The highest BCUT2D eigenvalue weighted by atomic mass is 16.7. The van der Waals surface area contributed by atoms with Crippen LogP contribution in [0.5, 0.6) is 0 Å². The standard InChI is InChI=1S/C20H30O5/c1-11(2)13-9-15-18(4,10-14(13)21)8-7-16(19(15,5)23)24-17(22)20(6)12(3)25-20/h12,15-16,23H,7-10H2,1-6H3/t12-,15+,16+,18+,19-,20-/m0/s1. The first-order chi connectivity index (χ1) is 11.4. The van der Waals surface area contributed by atoms with Gasteiger partial charge < -0.3 is 14.6 Å². The average Bonchev–Trinajstić information content (AvgIpc) is 3.10. The number of allylic oxidation sites excluding steroid dienone is 2. The highest BCUT2D eigenvalue weighted by Gasteiger charge is 2.61. The van der Waals surface area contributed by atoms with E-state index in [0.29, 0.717) is 19.3 Å². The van der Waals surface area contributed by atoms with Crippen LogP contribution >= 0.6 is 0 Å². The molecule has 0 aromatic rings. The number of epoxide rings is 1. The maximum Gasteiger partial charge on any atom is 0.341 e. The largest absolute Gasteiger partial charge is 0.457 e. The van der Waals surface area contributed by atoms with Crippen molar-refractivity contribution >= 4 is 11.8 Å². The minimum Gasteiger partial charge on any atom is -0.457 e. The Morgan fingerprint density at radius 1 is 1.28 bits per heavy atom. The van der Waals surface area contributed by atoms with Crippen LogP contribution in [0.1, 0.15) is 67.2 Å². The first kappa shape index (κ1) is 18.6. The lowest BCUT2D eigenvalue weighted by Gasteiger charge is -2.55. The Hall–Kier alpha value is -1.20. The van der Waals surface area contributed by atoms with E-state index in [0.717, 1.165) is 17.6 Å². The summed E-state index contributed by atoms with van der Waals surface area (Å²) in [6, 6.07) is 0. The Morgan fingerprint density at radius 3 is 2.40 bits per heavy atom. The molecule has 140 valence electrons. The molecule has 25 heavy (non-hydrogen) atoms. The van der Waals surface area contributed by atoms with Gasteiger partial charge in [-0.05, 0) is 64.9 Å². The predicted molar refractivity (Wildman–Crippen MR) is 92.9 cm³/mol. The van der Waals surface area contributed by atoms with Crippen LogP contribution in [-0.2, 0) is 19.1 Å². The second kappa shape index (κ2) is 5.65. The Morgan fingerprint density at radius 2 is 1.88 bits per heavy atom. The minimum atomic E-state index is -1.17. The lowest BCUT2D eigenvalue weighted by molar-refractivity contribution is -0.202. The van der Waals surface area contributed by atoms with E-state index in [1.807, 2.05) is 20.8 Å². The third-order valence-electron chi connectivity index (χ3n) is 6.88. The van der Waals surface area contributed by atoms with E-state index < -0.39 is 23.3 Å². The zero-order valence-electron chi connectivity index (χ0n) is 16.1. The van der Waals surface area contributed by atoms with Gasteiger partial charge >= 0.3 is 5.97 Å². The van der Waals surface area contributed by atoms with Crippen molar-refractivity contribution in [2.45, 2.75) is 90.6 Å². The van der Waals surface area contributed by atoms with Gasteiger partial charge in [0.1, 0.15) is 11.7 Å². The van der Waals surface area contributed by atoms with Crippen molar-refractivity contribution in [2.75, 3.05) is 0 Å². The fraction of sp³-hybridized carbons (Fsp3) is 0.800. The summed E-state index contributed by atoms with van der Waals surface area (Å²) in [7, 11) is 0. The number of Topliss-reactive ketones (excluding diaryl/α,β-unsaturated/α-hetero) is 1. The average molecular weight is 350 g/mol. The van der Waals surface area contributed by atoms with Crippen LogP contribution < -0.4 is 0 Å². The Bertz CT molecular complexity index is 644. The molecule has 0 radical (unpaired) electrons. The van der Waals surface area contributed by atoms with E-state index in [-0.39, 0.29) is 23.2 Å². The molecule has 2 aliphatic carbocycles. The summed E-state index contributed by atoms with van der Waals surface area (Å²) >= 11 is 0. The van der Waals surface area contributed by atoms with Gasteiger partial charge in [-0.15, -0.1) is 0 Å². The lowest BCUT2D eigenvalue weighted by Crippen LogP contribution is -2.60. The zero-order valence-corrected chi connectivity index (χ0v) is 16.1. The number of fused-ring (bicyclic) bond motifs is 1. The van der Waals surface area contributed by atoms with E-state index in [4.69, 9.17) is 9.47 Å². The van der Waals surface area contributed by atoms with Crippen molar-refractivity contribution in [1.82, 2.24) is 0 Å². The van der Waals surface area contributed by atoms with Crippen LogP contribution in [0.3, 0.4) is 0 Å². The second-order valence-corrected chi connectivity index (χ2v) is 9.01. The van der Waals surface area contributed by atoms with Gasteiger partial charge in [-0.2, -0.15) is 0 Å². The Balaban J connectivity index is 1.84. The summed E-state index contributed by atoms with van der Waals surface area (Å²) in [4.78, 5) is 24.9. The molecule has 5 nitrogen and oxygen atoms in total. The maximum absolute atomic E-state index is 12.5. The summed E-state index contributed by atoms with van der Waals surface area (Å²) in [5.74, 6) is -0.319. The molecule has 0 unspecified atom stereocenters. The van der Waals surface area contributed by atoms with Crippen molar-refractivity contribution in [3.05, 3.63) is 11.1 Å². The van der Waals surface area contributed by atoms with E-state index in [2.05, 4.69) is 6.92 Å². The monoisotopic (exact) mass is 350 g/mol. The molecule has 0 bridgehead atoms. The second-order valence-electron chi connectivity index (χ2n) is 9.01. The molecule has 2 saturated carbocycles. The smallest absolute Gasteiger partial charge is 0.341 e. The highest BCUT2D eigenvalue weighted by molar-refractivity contribution is 5.97. The molecule has 6 atom stereocenters. The molecule has 0 aromatic heterocycles. The molecule has 3 rings (SSSR count). The van der Waals surface area contributed by atoms with Gasteiger partial charge in [0.2, 0.25) is 0 Å². The zero-order chi connectivity index (χ0) is 18.8. The van der Waals surface area contributed by atoms with Crippen LogP contribution in [0.4, 0.5) is 0 Å². The molecule has 1 N–H and O–H groups in total. The number of hydrogen-bond donors (Lipinski definition) is 1. The van der Waals surface area contributed by atoms with Crippen LogP contribution in [0.25, 0.3) is 0 Å². The molecule has 0 amide bonds. The molecule has 1 saturated heterocycles. The Labute approximate surface area is 149 Å². The Kier molecular flexibility index (Phi) is 4.20. The van der Waals surface area contributed by atoms with E-state index in [1.54, 1.807) is 13.8 Å². The van der Waals surface area contributed by atoms with Gasteiger partial charge in [-0.25, -0.2) is 4.79 Å². The molecule has 5 heteroatoms. The summed E-state index contributed by atoms with van der Waals surface area (Å²) in [6.45, 7) is 11.3. The molecular formula is C20H30O5. The number of hydrogen-bond acceptors (Lipinski definition) is 5. The first-order valence-electron chi connectivity index (χ1n) is 9.22. The van der Waals surface area contributed by atoms with Crippen molar-refractivity contribution in [3.63, 3.8) is 0 Å². The van der Waals surface area contributed by atoms with E-state index in [1.165, 1.54) is 0 Å². The van der Waals surface area contributed by atoms with Crippen molar-refractivity contribution < 1.29 is 24.2 Å². The van der Waals surface area contributed by atoms with Crippen molar-refractivity contribution in [3.8, 4) is 0 Å². The third-order valence-corrected chi connectivity index (χ3v) is 6.88. The quantitative estimate of drug-likeness (QED) is 0.471. The lowest BCUT2D eigenvalue weighted by atomic mass is 9.53. The minimum absolute atomic E-state index is 0.112. The third kappa shape index (κ3) is 2.85. The van der Waals surface area contributed by atoms with Gasteiger partial charge in [-0.1, -0.05) is 12.5 Å². The van der Waals surface area contributed by atoms with E-state index >= 15 is 0 Å². The van der Waals surface area contributed by atoms with Gasteiger partial charge in [-0.3, -0.25) is 4.79 Å². The number of ketones is 1. The highest BCUT2D eigenvalue weighted by Crippen LogP contribution is 2.55. The number of ether oxygens (including phenoxy) is 2. The van der Waals surface area contributed by atoms with Crippen LogP contribution in [0.2, 0.25) is 0 Å². The van der Waals surface area contributed by atoms with Crippen LogP contribution in [0, 0.1) is 11.3 Å². The van der Waals surface area contributed by atoms with Gasteiger partial charge in [0.25, 0.3) is 0 Å². The molecule has 1 aliphatic heterocycles. The van der Waals surface area contributed by atoms with Crippen molar-refractivity contribution in [2.24, 2.45) is 11.3 Å². The van der Waals surface area contributed by atoms with Gasteiger partial charge in [0.05, 0.1) is 6.10 Å². The fourth-order valence-corrected chi connectivity index (χ4v) is 4.77. The number of carbonyl (C=O) groups is 2. The molecule has 0 aromatic carbocycles. The SMILES string of the molecule is CC(C)=C1C[C@@H]2[C@](C)(CC[C@@H](OC(=O)[C@@]3(C)O[C@H]3C)[C@@]2(C)O)CC1=O. The number of esters is 1. The normalized spacial score (nSPS) is 46.4. The number of rotatable bonds is 2. The molecule has 3 aliphatic rings. The van der Waals surface area contributed by atoms with Gasteiger partial charge in [0, 0.05) is 12.3 Å². The topological polar surface area (TPSA) is 76.1 Å². The summed E-state index contributed by atoms with van der Waals surface area (Å²) in [5, 5.41) is 11.3. The van der Waals surface area contributed by atoms with Crippen molar-refractivity contribution in [1.29, 1.82) is 0 Å². The van der Waals surface area contributed by atoms with E-state index in [9.17, 15) is 14.7 Å². The maximum atomic E-state index is 12.5. The predicted octanol–water partition coefficient (Wildman–Crippen LogP) is 2.94.